The first-order valence-corrected chi connectivity index (χ1v) is 13.6. The van der Waals surface area contributed by atoms with E-state index in [9.17, 15) is 9.59 Å². The molecule has 0 radical (unpaired) electrons. The van der Waals surface area contributed by atoms with E-state index >= 15 is 0 Å². The number of anilines is 1. The van der Waals surface area contributed by atoms with E-state index in [-0.39, 0.29) is 24.1 Å². The summed E-state index contributed by atoms with van der Waals surface area (Å²) in [5.74, 6) is 0.0477. The fraction of sp³-hybridized carbons (Fsp3) is 0.393. The van der Waals surface area contributed by atoms with E-state index in [1.807, 2.05) is 36.4 Å². The number of hydrogen-bond acceptors (Lipinski definition) is 6. The molecule has 0 unspecified atom stereocenters. The second kappa shape index (κ2) is 10.9. The number of nitrogens with zero attached hydrogens (tertiary/aromatic N) is 3. The fourth-order valence-electron chi connectivity index (χ4n) is 4.70. The van der Waals surface area contributed by atoms with Gasteiger partial charge in [0, 0.05) is 37.2 Å². The molecule has 8 heteroatoms. The van der Waals surface area contributed by atoms with Crippen molar-refractivity contribution in [3.05, 3.63) is 81.8 Å². The molecule has 36 heavy (non-hydrogen) atoms. The number of amides is 1. The van der Waals surface area contributed by atoms with Gasteiger partial charge in [0.2, 0.25) is 5.91 Å². The first-order valence-electron chi connectivity index (χ1n) is 12.7. The number of fused-ring (bicyclic) bond motifs is 1. The van der Waals surface area contributed by atoms with Gasteiger partial charge in [-0.2, -0.15) is 0 Å². The number of nitrogen functional groups attached to an aromatic ring is 1. The van der Waals surface area contributed by atoms with Crippen molar-refractivity contribution in [1.29, 1.82) is 0 Å². The maximum atomic E-state index is 13.8. The summed E-state index contributed by atoms with van der Waals surface area (Å²) < 4.78 is 1.66. The van der Waals surface area contributed by atoms with Crippen LogP contribution < -0.4 is 16.6 Å². The largest absolute Gasteiger partial charge is 0.397 e. The van der Waals surface area contributed by atoms with Crippen molar-refractivity contribution in [3.63, 3.8) is 0 Å². The number of carbonyl (C=O) groups excluding carboxylic acids is 1. The minimum Gasteiger partial charge on any atom is -0.397 e. The van der Waals surface area contributed by atoms with Gasteiger partial charge < -0.3 is 16.0 Å². The van der Waals surface area contributed by atoms with Crippen LogP contribution in [0.15, 0.2) is 64.5 Å². The summed E-state index contributed by atoms with van der Waals surface area (Å²) >= 11 is 1.67. The van der Waals surface area contributed by atoms with Gasteiger partial charge in [-0.05, 0) is 37.5 Å². The summed E-state index contributed by atoms with van der Waals surface area (Å²) in [6.45, 7) is 3.55. The molecule has 0 saturated heterocycles. The van der Waals surface area contributed by atoms with Gasteiger partial charge >= 0.3 is 0 Å². The van der Waals surface area contributed by atoms with Gasteiger partial charge in [-0.1, -0.05) is 60.6 Å². The molecule has 188 valence electrons. The lowest BCUT2D eigenvalue weighted by atomic mass is 10.0. The fourth-order valence-corrected chi connectivity index (χ4v) is 6.02. The Balaban J connectivity index is 1.33. The lowest BCUT2D eigenvalue weighted by Crippen LogP contribution is -2.42. The van der Waals surface area contributed by atoms with Crippen LogP contribution in [0.3, 0.4) is 0 Å². The number of nitrogens with one attached hydrogen (secondary N) is 1. The Morgan fingerprint density at radius 2 is 1.92 bits per heavy atom. The van der Waals surface area contributed by atoms with Crippen LogP contribution in [0.25, 0.3) is 5.69 Å². The maximum Gasteiger partial charge on any atom is 0.264 e. The highest BCUT2D eigenvalue weighted by Gasteiger charge is 2.29. The number of thioether (sulfide) groups is 1. The molecule has 1 atom stereocenters. The Hall–Kier alpha value is -3.10. The van der Waals surface area contributed by atoms with Crippen molar-refractivity contribution in [2.45, 2.75) is 62.0 Å². The summed E-state index contributed by atoms with van der Waals surface area (Å²) in [7, 11) is 0. The molecule has 0 spiro atoms. The van der Waals surface area contributed by atoms with Crippen LogP contribution in [0.5, 0.6) is 0 Å². The molecule has 2 heterocycles. The molecule has 0 bridgehead atoms. The van der Waals surface area contributed by atoms with Gasteiger partial charge in [0.15, 0.2) is 5.16 Å². The van der Waals surface area contributed by atoms with Crippen LogP contribution in [0, 0.1) is 0 Å². The third kappa shape index (κ3) is 5.20. The summed E-state index contributed by atoms with van der Waals surface area (Å²) in [5.41, 5.74) is 9.96. The van der Waals surface area contributed by atoms with E-state index in [4.69, 9.17) is 10.7 Å². The second-order valence-electron chi connectivity index (χ2n) is 9.59. The average Bonchev–Trinajstić information content (AvgIpc) is 2.87. The molecule has 1 fully saturated rings. The van der Waals surface area contributed by atoms with E-state index in [0.717, 1.165) is 18.5 Å². The van der Waals surface area contributed by atoms with Gasteiger partial charge in [-0.15, -0.1) is 0 Å². The van der Waals surface area contributed by atoms with Crippen molar-refractivity contribution >= 4 is 23.4 Å². The van der Waals surface area contributed by atoms with Crippen molar-refractivity contribution in [2.75, 3.05) is 18.8 Å². The van der Waals surface area contributed by atoms with E-state index in [2.05, 4.69) is 24.4 Å². The Labute approximate surface area is 216 Å². The van der Waals surface area contributed by atoms with E-state index in [1.54, 1.807) is 27.3 Å². The van der Waals surface area contributed by atoms with Crippen molar-refractivity contribution < 1.29 is 4.79 Å². The molecular formula is C28H33N5O2S. The third-order valence-corrected chi connectivity index (χ3v) is 8.43. The molecule has 3 N–H and O–H groups in total. The summed E-state index contributed by atoms with van der Waals surface area (Å²) in [5, 5.41) is 4.62. The number of benzene rings is 2. The predicted octanol–water partition coefficient (Wildman–Crippen LogP) is 4.08. The van der Waals surface area contributed by atoms with Crippen LogP contribution >= 0.6 is 11.8 Å². The standard InChI is InChI=1S/C28H33N5O2S/c1-19(20-8-3-2-4-9-20)30-16-14-26(34)32-17-15-24-22(18-32)27(35)33(25-13-6-5-12-23(25)29)28(31-24)36-21-10-7-11-21/h2-6,8-9,12-13,19,21,30H,7,10-11,14-18,29H2,1H3/t19-/m0/s1. The van der Waals surface area contributed by atoms with E-state index < -0.39 is 0 Å². The quantitative estimate of drug-likeness (QED) is 0.355. The van der Waals surface area contributed by atoms with Gasteiger partial charge in [0.1, 0.15) is 0 Å². The molecule has 3 aromatic rings. The number of aromatic nitrogens is 2. The molecule has 2 aromatic carbocycles. The molecule has 7 nitrogen and oxygen atoms in total. The molecule has 1 amide bonds. The first kappa shape index (κ1) is 24.6. The topological polar surface area (TPSA) is 93.2 Å². The summed E-state index contributed by atoms with van der Waals surface area (Å²) in [4.78, 5) is 33.6. The van der Waals surface area contributed by atoms with Crippen LogP contribution in [0.1, 0.15) is 55.5 Å². The zero-order valence-corrected chi connectivity index (χ0v) is 21.5. The van der Waals surface area contributed by atoms with Crippen molar-refractivity contribution in [2.24, 2.45) is 0 Å². The Morgan fingerprint density at radius 1 is 1.17 bits per heavy atom. The van der Waals surface area contributed by atoms with Crippen molar-refractivity contribution in [3.8, 4) is 5.69 Å². The lowest BCUT2D eigenvalue weighted by molar-refractivity contribution is -0.132. The number of carbonyl (C=O) groups is 1. The monoisotopic (exact) mass is 503 g/mol. The average molecular weight is 504 g/mol. The van der Waals surface area contributed by atoms with Crippen molar-refractivity contribution in [1.82, 2.24) is 19.8 Å². The minimum absolute atomic E-state index is 0.0477. The number of rotatable bonds is 8. The number of hydrogen-bond donors (Lipinski definition) is 2. The van der Waals surface area contributed by atoms with Crippen LogP contribution in [0.2, 0.25) is 0 Å². The van der Waals surface area contributed by atoms with E-state index in [1.165, 1.54) is 12.0 Å². The zero-order chi connectivity index (χ0) is 25.1. The van der Waals surface area contributed by atoms with Gasteiger partial charge in [0.25, 0.3) is 5.56 Å². The molecule has 1 aliphatic heterocycles. The van der Waals surface area contributed by atoms with Gasteiger partial charge in [-0.3, -0.25) is 14.2 Å². The zero-order valence-electron chi connectivity index (χ0n) is 20.7. The summed E-state index contributed by atoms with van der Waals surface area (Å²) in [6.07, 6.45) is 4.47. The molecule has 1 aromatic heterocycles. The predicted molar refractivity (Wildman–Crippen MR) is 144 cm³/mol. The molecule has 1 saturated carbocycles. The Morgan fingerprint density at radius 3 is 2.64 bits per heavy atom. The summed E-state index contributed by atoms with van der Waals surface area (Å²) in [6, 6.07) is 17.8. The third-order valence-electron chi connectivity index (χ3n) is 7.14. The molecular weight excluding hydrogens is 470 g/mol. The molecule has 5 rings (SSSR count). The van der Waals surface area contributed by atoms with Gasteiger partial charge in [-0.25, -0.2) is 4.98 Å². The highest BCUT2D eigenvalue weighted by molar-refractivity contribution is 7.99. The molecule has 1 aliphatic carbocycles. The van der Waals surface area contributed by atoms with Gasteiger partial charge in [0.05, 0.1) is 29.2 Å². The van der Waals surface area contributed by atoms with Crippen LogP contribution in [-0.4, -0.2) is 38.7 Å². The Bertz CT molecular complexity index is 1290. The lowest BCUT2D eigenvalue weighted by Gasteiger charge is -2.30. The normalized spacial score (nSPS) is 16.3. The van der Waals surface area contributed by atoms with Crippen LogP contribution in [0.4, 0.5) is 5.69 Å². The number of nitrogens with two attached hydrogens (primary N) is 1. The smallest absolute Gasteiger partial charge is 0.264 e. The number of para-hydroxylation sites is 2. The van der Waals surface area contributed by atoms with Crippen LogP contribution in [-0.2, 0) is 17.8 Å². The Kier molecular flexibility index (Phi) is 7.43. The van der Waals surface area contributed by atoms with E-state index in [0.29, 0.717) is 53.3 Å². The highest BCUT2D eigenvalue weighted by Crippen LogP contribution is 2.37. The second-order valence-corrected chi connectivity index (χ2v) is 10.9. The maximum absolute atomic E-state index is 13.8. The first-order chi connectivity index (χ1) is 17.5. The highest BCUT2D eigenvalue weighted by atomic mass is 32.2. The minimum atomic E-state index is -0.118. The SMILES string of the molecule is C[C@H](NCCC(=O)N1CCc2nc(SC3CCC3)n(-c3ccccc3N)c(=O)c2C1)c1ccccc1. The molecule has 2 aliphatic rings.